The molecular weight excluding hydrogens is 458 g/mol. The fourth-order valence-electron chi connectivity index (χ4n) is 4.28. The van der Waals surface area contributed by atoms with Crippen molar-refractivity contribution in [2.75, 3.05) is 18.5 Å². The third kappa shape index (κ3) is 4.54. The normalized spacial score (nSPS) is 15.1. The quantitative estimate of drug-likeness (QED) is 0.521. The van der Waals surface area contributed by atoms with Crippen LogP contribution in [0.4, 0.5) is 5.69 Å². The van der Waals surface area contributed by atoms with Crippen LogP contribution in [0.25, 0.3) is 11.0 Å². The third-order valence-corrected chi connectivity index (χ3v) is 7.25. The molecule has 5 rings (SSSR count). The smallest absolute Gasteiger partial charge is 0.339 e. The Hall–Kier alpha value is -3.66. The zero-order valence-corrected chi connectivity index (χ0v) is 19.1. The van der Waals surface area contributed by atoms with Crippen molar-refractivity contribution < 1.29 is 22.4 Å². The molecule has 9 nitrogen and oxygen atoms in total. The van der Waals surface area contributed by atoms with E-state index in [1.807, 2.05) is 6.07 Å². The molecule has 176 valence electrons. The zero-order chi connectivity index (χ0) is 23.7. The Morgan fingerprint density at radius 2 is 1.91 bits per heavy atom. The maximum Gasteiger partial charge on any atom is 0.339 e. The van der Waals surface area contributed by atoms with Crippen LogP contribution in [0, 0.1) is 0 Å². The number of benzene rings is 2. The van der Waals surface area contributed by atoms with Gasteiger partial charge >= 0.3 is 5.63 Å². The number of amidine groups is 1. The molecule has 0 radical (unpaired) electrons. The second kappa shape index (κ2) is 8.94. The molecular formula is C24H23N3O6S. The maximum atomic E-state index is 12.6. The molecule has 2 aromatic carbocycles. The van der Waals surface area contributed by atoms with E-state index in [-0.39, 0.29) is 17.1 Å². The molecule has 0 fully saturated rings. The summed E-state index contributed by atoms with van der Waals surface area (Å²) >= 11 is 0. The second-order valence-corrected chi connectivity index (χ2v) is 9.94. The minimum absolute atomic E-state index is 0.0258. The Bertz CT molecular complexity index is 1480. The highest BCUT2D eigenvalue weighted by Gasteiger charge is 2.20. The Morgan fingerprint density at radius 1 is 1.06 bits per heavy atom. The van der Waals surface area contributed by atoms with E-state index >= 15 is 0 Å². The number of hydrogen-bond acceptors (Lipinski definition) is 7. The Balaban J connectivity index is 1.24. The Kier molecular flexibility index (Phi) is 5.82. The van der Waals surface area contributed by atoms with Gasteiger partial charge in [0.25, 0.3) is 15.9 Å². The molecule has 2 aliphatic rings. The van der Waals surface area contributed by atoms with Gasteiger partial charge in [-0.1, -0.05) is 6.07 Å². The van der Waals surface area contributed by atoms with E-state index in [0.717, 1.165) is 42.2 Å². The van der Waals surface area contributed by atoms with Gasteiger partial charge in [-0.05, 0) is 61.6 Å². The van der Waals surface area contributed by atoms with Gasteiger partial charge in [0.05, 0.1) is 4.90 Å². The number of aliphatic imine (C=N–C) groups is 1. The van der Waals surface area contributed by atoms with E-state index in [2.05, 4.69) is 15.0 Å². The predicted octanol–water partition coefficient (Wildman–Crippen LogP) is 2.77. The van der Waals surface area contributed by atoms with Crippen LogP contribution in [0.15, 0.2) is 61.6 Å². The molecule has 1 aliphatic heterocycles. The van der Waals surface area contributed by atoms with Crippen LogP contribution in [0.1, 0.15) is 30.4 Å². The zero-order valence-electron chi connectivity index (χ0n) is 18.3. The summed E-state index contributed by atoms with van der Waals surface area (Å²) in [5.41, 5.74) is 2.21. The largest absolute Gasteiger partial charge is 0.484 e. The molecule has 3 aromatic rings. The van der Waals surface area contributed by atoms with Crippen molar-refractivity contribution in [1.82, 2.24) is 4.72 Å². The lowest BCUT2D eigenvalue weighted by Crippen LogP contribution is -2.29. The highest BCUT2D eigenvalue weighted by molar-refractivity contribution is 7.90. The van der Waals surface area contributed by atoms with Crippen LogP contribution in [0.5, 0.6) is 5.75 Å². The van der Waals surface area contributed by atoms with Crippen molar-refractivity contribution >= 4 is 38.4 Å². The fraction of sp³-hybridized carbons (Fsp3) is 0.292. The van der Waals surface area contributed by atoms with Gasteiger partial charge < -0.3 is 14.5 Å². The van der Waals surface area contributed by atoms with Crippen LogP contribution in [-0.4, -0.2) is 33.3 Å². The van der Waals surface area contributed by atoms with Gasteiger partial charge in [-0.25, -0.2) is 13.2 Å². The summed E-state index contributed by atoms with van der Waals surface area (Å²) in [5, 5.41) is 3.53. The van der Waals surface area contributed by atoms with E-state index in [0.29, 0.717) is 35.8 Å². The highest BCUT2D eigenvalue weighted by atomic mass is 32.2. The summed E-state index contributed by atoms with van der Waals surface area (Å²) in [5.74, 6) is 0.374. The van der Waals surface area contributed by atoms with Crippen molar-refractivity contribution in [2.24, 2.45) is 4.99 Å². The van der Waals surface area contributed by atoms with E-state index in [9.17, 15) is 18.0 Å². The summed E-state index contributed by atoms with van der Waals surface area (Å²) < 4.78 is 38.6. The Labute approximate surface area is 195 Å². The number of anilines is 1. The fourth-order valence-corrected chi connectivity index (χ4v) is 5.41. The number of fused-ring (bicyclic) bond motifs is 3. The van der Waals surface area contributed by atoms with Gasteiger partial charge in [0.1, 0.15) is 17.2 Å². The molecule has 0 saturated heterocycles. The number of amides is 1. The number of aryl methyl sites for hydroxylation is 1. The summed E-state index contributed by atoms with van der Waals surface area (Å²) in [6.07, 6.45) is 3.93. The molecule has 0 saturated carbocycles. The van der Waals surface area contributed by atoms with Crippen LogP contribution in [0.2, 0.25) is 0 Å². The lowest BCUT2D eigenvalue weighted by Gasteiger charge is -2.11. The molecule has 10 heteroatoms. The first-order valence-electron chi connectivity index (χ1n) is 11.1. The van der Waals surface area contributed by atoms with Gasteiger partial charge in [0, 0.05) is 35.7 Å². The SMILES string of the molecule is O=C(COc1ccc2c3c(c(=O)oc2c1)CCC3)Nc1cccc(S(=O)(=O)NC2=NCCC2)c1. The number of nitrogens with one attached hydrogen (secondary N) is 2. The first kappa shape index (κ1) is 22.1. The van der Waals surface area contributed by atoms with Gasteiger partial charge in [0.2, 0.25) is 0 Å². The van der Waals surface area contributed by atoms with Crippen LogP contribution < -0.4 is 20.4 Å². The number of hydrogen-bond donors (Lipinski definition) is 2. The number of rotatable bonds is 6. The van der Waals surface area contributed by atoms with Gasteiger partial charge in [-0.2, -0.15) is 0 Å². The second-order valence-electron chi connectivity index (χ2n) is 8.26. The van der Waals surface area contributed by atoms with E-state index in [1.54, 1.807) is 24.3 Å². The maximum absolute atomic E-state index is 12.6. The van der Waals surface area contributed by atoms with Crippen LogP contribution in [0.3, 0.4) is 0 Å². The first-order valence-corrected chi connectivity index (χ1v) is 12.5. The highest BCUT2D eigenvalue weighted by Crippen LogP contribution is 2.29. The number of nitrogens with zero attached hydrogens (tertiary/aromatic N) is 1. The van der Waals surface area contributed by atoms with Crippen molar-refractivity contribution in [1.29, 1.82) is 0 Å². The first-order chi connectivity index (χ1) is 16.4. The Morgan fingerprint density at radius 3 is 2.74 bits per heavy atom. The standard InChI is InChI=1S/C24H23N3O6S/c28-23(26-15-4-1-5-17(12-15)34(30,31)27-22-8-3-11-25-22)14-32-16-9-10-19-18-6-2-7-20(18)24(29)33-21(19)13-16/h1,4-5,9-10,12-13H,2-3,6-8,11,14H2,(H,25,27)(H,26,28). The summed E-state index contributed by atoms with van der Waals surface area (Å²) in [6.45, 7) is 0.312. The number of carbonyl (C=O) groups excluding carboxylic acids is 1. The summed E-state index contributed by atoms with van der Waals surface area (Å²) in [7, 11) is -3.79. The molecule has 0 unspecified atom stereocenters. The topological polar surface area (TPSA) is 127 Å². The monoisotopic (exact) mass is 481 g/mol. The number of sulfonamides is 1. The molecule has 2 heterocycles. The molecule has 2 N–H and O–H groups in total. The van der Waals surface area contributed by atoms with Crippen LogP contribution >= 0.6 is 0 Å². The average molecular weight is 482 g/mol. The molecule has 0 bridgehead atoms. The van der Waals surface area contributed by atoms with Crippen LogP contribution in [-0.2, 0) is 27.7 Å². The summed E-state index contributed by atoms with van der Waals surface area (Å²) in [6, 6.07) is 11.1. The molecule has 1 aromatic heterocycles. The number of ether oxygens (including phenoxy) is 1. The number of carbonyl (C=O) groups is 1. The molecule has 0 atom stereocenters. The minimum atomic E-state index is -3.79. The van der Waals surface area contributed by atoms with E-state index in [4.69, 9.17) is 9.15 Å². The third-order valence-electron chi connectivity index (χ3n) is 5.87. The van der Waals surface area contributed by atoms with Gasteiger partial charge in [-0.3, -0.25) is 14.5 Å². The van der Waals surface area contributed by atoms with Crippen molar-refractivity contribution in [3.8, 4) is 5.75 Å². The van der Waals surface area contributed by atoms with Crippen molar-refractivity contribution in [3.05, 3.63) is 64.0 Å². The minimum Gasteiger partial charge on any atom is -0.484 e. The molecule has 34 heavy (non-hydrogen) atoms. The molecule has 1 aliphatic carbocycles. The predicted molar refractivity (Wildman–Crippen MR) is 127 cm³/mol. The lowest BCUT2D eigenvalue weighted by atomic mass is 10.1. The van der Waals surface area contributed by atoms with Crippen molar-refractivity contribution in [3.63, 3.8) is 0 Å². The van der Waals surface area contributed by atoms with E-state index in [1.165, 1.54) is 12.1 Å². The average Bonchev–Trinajstić information content (AvgIpc) is 3.50. The summed E-state index contributed by atoms with van der Waals surface area (Å²) in [4.78, 5) is 28.7. The van der Waals surface area contributed by atoms with E-state index < -0.39 is 15.9 Å². The molecule has 0 spiro atoms. The van der Waals surface area contributed by atoms with Gasteiger partial charge in [0.15, 0.2) is 6.61 Å². The van der Waals surface area contributed by atoms with Gasteiger partial charge in [-0.15, -0.1) is 0 Å². The molecule has 1 amide bonds. The van der Waals surface area contributed by atoms with Crippen molar-refractivity contribution in [2.45, 2.75) is 37.0 Å². The lowest BCUT2D eigenvalue weighted by molar-refractivity contribution is -0.118.